The van der Waals surface area contributed by atoms with Crippen LogP contribution < -0.4 is 16.1 Å². The Morgan fingerprint density at radius 2 is 1.32 bits per heavy atom. The van der Waals surface area contributed by atoms with E-state index in [-0.39, 0.29) is 5.04 Å². The molecule has 0 bridgehead atoms. The van der Waals surface area contributed by atoms with Crippen LogP contribution in [0.15, 0.2) is 60.7 Å². The zero-order valence-electron chi connectivity index (χ0n) is 13.9. The van der Waals surface area contributed by atoms with Crippen molar-refractivity contribution < 1.29 is 4.43 Å². The fourth-order valence-corrected chi connectivity index (χ4v) is 7.68. The monoisotopic (exact) mass is 313 g/mol. The van der Waals surface area contributed by atoms with Crippen molar-refractivity contribution in [1.29, 1.82) is 0 Å². The van der Waals surface area contributed by atoms with Gasteiger partial charge in [-0.3, -0.25) is 0 Å². The van der Waals surface area contributed by atoms with Crippen molar-refractivity contribution in [3.63, 3.8) is 0 Å². The zero-order chi connectivity index (χ0) is 16.1. The molecule has 0 radical (unpaired) electrons. The van der Waals surface area contributed by atoms with Crippen LogP contribution >= 0.6 is 0 Å². The Labute approximate surface area is 135 Å². The Balaban J connectivity index is 2.59. The van der Waals surface area contributed by atoms with Gasteiger partial charge in [0.1, 0.15) is 0 Å². The smallest absolute Gasteiger partial charge is 0.261 e. The molecule has 2 N–H and O–H groups in total. The molecular formula is C19H27NOSi. The van der Waals surface area contributed by atoms with E-state index in [9.17, 15) is 0 Å². The molecule has 0 saturated heterocycles. The SMILES string of the molecule is CC(C)(C)[Si](OCCCN)(c1ccccc1)c1ccccc1. The Kier molecular flexibility index (Phi) is 5.56. The van der Waals surface area contributed by atoms with Gasteiger partial charge in [0.25, 0.3) is 8.32 Å². The van der Waals surface area contributed by atoms with Gasteiger partial charge in [-0.1, -0.05) is 81.4 Å². The van der Waals surface area contributed by atoms with E-state index in [0.29, 0.717) is 13.2 Å². The number of hydrogen-bond acceptors (Lipinski definition) is 2. The van der Waals surface area contributed by atoms with Gasteiger partial charge in [-0.15, -0.1) is 0 Å². The van der Waals surface area contributed by atoms with Crippen molar-refractivity contribution >= 4 is 18.7 Å². The fraction of sp³-hybridized carbons (Fsp3) is 0.368. The highest BCUT2D eigenvalue weighted by Crippen LogP contribution is 2.36. The third kappa shape index (κ3) is 3.32. The summed E-state index contributed by atoms with van der Waals surface area (Å²) in [5, 5.41) is 2.70. The highest BCUT2D eigenvalue weighted by molar-refractivity contribution is 6.99. The lowest BCUT2D eigenvalue weighted by Gasteiger charge is -2.43. The van der Waals surface area contributed by atoms with Crippen LogP contribution in [0.25, 0.3) is 0 Å². The molecule has 0 heterocycles. The quantitative estimate of drug-likeness (QED) is 0.657. The van der Waals surface area contributed by atoms with E-state index < -0.39 is 8.32 Å². The van der Waals surface area contributed by atoms with Crippen molar-refractivity contribution in [3.8, 4) is 0 Å². The summed E-state index contributed by atoms with van der Waals surface area (Å²) in [4.78, 5) is 0. The first-order valence-electron chi connectivity index (χ1n) is 7.97. The molecule has 0 aromatic heterocycles. The minimum Gasteiger partial charge on any atom is -0.407 e. The Morgan fingerprint density at radius 1 is 0.864 bits per heavy atom. The van der Waals surface area contributed by atoms with Crippen LogP contribution in [0.1, 0.15) is 27.2 Å². The molecule has 0 aliphatic heterocycles. The van der Waals surface area contributed by atoms with Crippen LogP contribution in [-0.2, 0) is 4.43 Å². The molecule has 2 aromatic rings. The standard InChI is InChI=1S/C19H27NOSi/c1-19(2,3)22(21-16-10-15-20,17-11-6-4-7-12-17)18-13-8-5-9-14-18/h4-9,11-14H,10,15-16,20H2,1-3H3. The van der Waals surface area contributed by atoms with Gasteiger partial charge in [0.05, 0.1) is 0 Å². The van der Waals surface area contributed by atoms with Crippen molar-refractivity contribution in [2.75, 3.05) is 13.2 Å². The lowest BCUT2D eigenvalue weighted by Crippen LogP contribution is -2.66. The maximum absolute atomic E-state index is 6.67. The molecule has 0 atom stereocenters. The van der Waals surface area contributed by atoms with Crippen molar-refractivity contribution in [2.24, 2.45) is 5.73 Å². The summed E-state index contributed by atoms with van der Waals surface area (Å²) >= 11 is 0. The van der Waals surface area contributed by atoms with Gasteiger partial charge in [0.15, 0.2) is 0 Å². The predicted molar refractivity (Wildman–Crippen MR) is 97.2 cm³/mol. The summed E-state index contributed by atoms with van der Waals surface area (Å²) in [5.74, 6) is 0. The first-order chi connectivity index (χ1) is 10.5. The van der Waals surface area contributed by atoms with Gasteiger partial charge in [-0.2, -0.15) is 0 Å². The minimum atomic E-state index is -2.34. The topological polar surface area (TPSA) is 35.2 Å². The molecule has 2 rings (SSSR count). The van der Waals surface area contributed by atoms with Crippen LogP contribution in [0, 0.1) is 0 Å². The summed E-state index contributed by atoms with van der Waals surface area (Å²) in [6.45, 7) is 8.26. The van der Waals surface area contributed by atoms with Crippen molar-refractivity contribution in [2.45, 2.75) is 32.2 Å². The highest BCUT2D eigenvalue weighted by Gasteiger charge is 2.49. The lowest BCUT2D eigenvalue weighted by atomic mass is 10.2. The van der Waals surface area contributed by atoms with Crippen LogP contribution in [0.3, 0.4) is 0 Å². The first kappa shape index (κ1) is 16.9. The molecule has 22 heavy (non-hydrogen) atoms. The second kappa shape index (κ2) is 7.23. The molecule has 0 unspecified atom stereocenters. The average molecular weight is 314 g/mol. The van der Waals surface area contributed by atoms with Gasteiger partial charge >= 0.3 is 0 Å². The maximum atomic E-state index is 6.67. The highest BCUT2D eigenvalue weighted by atomic mass is 28.4. The largest absolute Gasteiger partial charge is 0.407 e. The van der Waals surface area contributed by atoms with Crippen molar-refractivity contribution in [1.82, 2.24) is 0 Å². The second-order valence-corrected chi connectivity index (χ2v) is 11.0. The van der Waals surface area contributed by atoms with Crippen LogP contribution in [-0.4, -0.2) is 21.5 Å². The molecule has 0 saturated carbocycles. The lowest BCUT2D eigenvalue weighted by molar-refractivity contribution is 0.294. The van der Waals surface area contributed by atoms with Crippen LogP contribution in [0.4, 0.5) is 0 Å². The minimum absolute atomic E-state index is 0.0459. The third-order valence-electron chi connectivity index (χ3n) is 4.08. The Hall–Kier alpha value is -1.42. The number of rotatable bonds is 6. The Morgan fingerprint density at radius 3 is 1.68 bits per heavy atom. The van der Waals surface area contributed by atoms with Gasteiger partial charge in [0, 0.05) is 6.61 Å². The molecule has 2 aromatic carbocycles. The molecule has 0 aliphatic carbocycles. The van der Waals surface area contributed by atoms with Gasteiger partial charge in [-0.25, -0.2) is 0 Å². The van der Waals surface area contributed by atoms with Crippen molar-refractivity contribution in [3.05, 3.63) is 60.7 Å². The molecule has 0 fully saturated rings. The maximum Gasteiger partial charge on any atom is 0.261 e. The van der Waals surface area contributed by atoms with Gasteiger partial charge < -0.3 is 10.2 Å². The van der Waals surface area contributed by atoms with E-state index in [1.165, 1.54) is 10.4 Å². The van der Waals surface area contributed by atoms with Gasteiger partial charge in [-0.05, 0) is 28.4 Å². The fourth-order valence-electron chi connectivity index (χ4n) is 3.07. The normalized spacial score (nSPS) is 12.4. The third-order valence-corrected chi connectivity index (χ3v) is 9.13. The molecular weight excluding hydrogens is 286 g/mol. The Bertz CT molecular complexity index is 523. The molecule has 2 nitrogen and oxygen atoms in total. The molecule has 3 heteroatoms. The van der Waals surface area contributed by atoms with E-state index in [4.69, 9.17) is 10.2 Å². The molecule has 0 amide bonds. The average Bonchev–Trinajstić information content (AvgIpc) is 2.52. The summed E-state index contributed by atoms with van der Waals surface area (Å²) in [7, 11) is -2.34. The van der Waals surface area contributed by atoms with E-state index in [1.807, 2.05) is 0 Å². The van der Waals surface area contributed by atoms with E-state index in [1.54, 1.807) is 0 Å². The van der Waals surface area contributed by atoms with E-state index >= 15 is 0 Å². The summed E-state index contributed by atoms with van der Waals surface area (Å²) in [6, 6.07) is 21.4. The van der Waals surface area contributed by atoms with Gasteiger partial charge in [0.2, 0.25) is 0 Å². The van der Waals surface area contributed by atoms with Crippen LogP contribution in [0.5, 0.6) is 0 Å². The number of nitrogens with two attached hydrogens (primary N) is 1. The first-order valence-corrected chi connectivity index (χ1v) is 9.88. The van der Waals surface area contributed by atoms with E-state index in [2.05, 4.69) is 81.4 Å². The molecule has 118 valence electrons. The summed E-state index contributed by atoms with van der Waals surface area (Å²) in [5.41, 5.74) is 5.68. The molecule has 0 spiro atoms. The zero-order valence-corrected chi connectivity index (χ0v) is 14.9. The summed E-state index contributed by atoms with van der Waals surface area (Å²) in [6.07, 6.45) is 0.893. The number of benzene rings is 2. The second-order valence-electron chi connectivity index (χ2n) is 6.65. The summed E-state index contributed by atoms with van der Waals surface area (Å²) < 4.78 is 6.67. The number of hydrogen-bond donors (Lipinski definition) is 1. The molecule has 0 aliphatic rings. The van der Waals surface area contributed by atoms with Crippen LogP contribution in [0.2, 0.25) is 5.04 Å². The predicted octanol–water partition coefficient (Wildman–Crippen LogP) is 2.91. The van der Waals surface area contributed by atoms with E-state index in [0.717, 1.165) is 6.42 Å².